The van der Waals surface area contributed by atoms with Crippen LogP contribution >= 0.6 is 24.8 Å². The first kappa shape index (κ1) is 18.2. The summed E-state index contributed by atoms with van der Waals surface area (Å²) in [6, 6.07) is 6.79. The molecule has 0 saturated carbocycles. The number of benzene rings is 1. The van der Waals surface area contributed by atoms with Crippen molar-refractivity contribution in [2.75, 3.05) is 26.2 Å². The smallest absolute Gasteiger partial charge is 0.258 e. The number of para-hydroxylation sites is 1. The molecule has 1 aliphatic heterocycles. The molecule has 1 aliphatic rings. The number of fused-ring (bicyclic) bond motifs is 1. The van der Waals surface area contributed by atoms with Crippen LogP contribution in [0.3, 0.4) is 0 Å². The Morgan fingerprint density at radius 3 is 2.38 bits per heavy atom. The van der Waals surface area contributed by atoms with Crippen molar-refractivity contribution < 1.29 is 8.78 Å². The van der Waals surface area contributed by atoms with Crippen LogP contribution < -0.4 is 5.32 Å². The fourth-order valence-corrected chi connectivity index (χ4v) is 2.79. The highest BCUT2D eigenvalue weighted by atomic mass is 35.5. The third-order valence-electron chi connectivity index (χ3n) is 3.72. The topological polar surface area (TPSA) is 31.1 Å². The van der Waals surface area contributed by atoms with E-state index < -0.39 is 12.5 Å². The van der Waals surface area contributed by atoms with Crippen molar-refractivity contribution in [1.29, 1.82) is 0 Å². The monoisotopic (exact) mass is 337 g/mol. The van der Waals surface area contributed by atoms with E-state index in [0.717, 1.165) is 24.0 Å². The van der Waals surface area contributed by atoms with Gasteiger partial charge in [0.05, 0.1) is 6.04 Å². The standard InChI is InChI=1S/C14H17F2N3.2ClH/c15-14(16)13(19-7-5-17-6-8-19)11-9-18-12-4-2-1-3-10(11)12;;/h1-4,9,13-14,17-18H,5-8H2;2*1H/t13-;;/m1../s1. The SMILES string of the molecule is Cl.Cl.FC(F)[C@@H](c1c[nH]c2ccccc12)N1CCNCC1. The molecule has 0 spiro atoms. The minimum atomic E-state index is -2.38. The van der Waals surface area contributed by atoms with Gasteiger partial charge in [-0.2, -0.15) is 0 Å². The van der Waals surface area contributed by atoms with Gasteiger partial charge >= 0.3 is 0 Å². The Morgan fingerprint density at radius 1 is 1.05 bits per heavy atom. The second-order valence-electron chi connectivity index (χ2n) is 4.85. The van der Waals surface area contributed by atoms with Crippen LogP contribution in [0.4, 0.5) is 8.78 Å². The van der Waals surface area contributed by atoms with Gasteiger partial charge < -0.3 is 10.3 Å². The number of aromatic amines is 1. The number of nitrogens with zero attached hydrogens (tertiary/aromatic N) is 1. The predicted octanol–water partition coefficient (Wildman–Crippen LogP) is 3.22. The van der Waals surface area contributed by atoms with E-state index in [4.69, 9.17) is 0 Å². The summed E-state index contributed by atoms with van der Waals surface area (Å²) in [5.74, 6) is 0. The van der Waals surface area contributed by atoms with Gasteiger partial charge in [0, 0.05) is 48.8 Å². The Bertz CT molecular complexity index is 556. The first-order valence-electron chi connectivity index (χ1n) is 6.56. The van der Waals surface area contributed by atoms with Crippen LogP contribution in [0.2, 0.25) is 0 Å². The Balaban J connectivity index is 0.00000110. The van der Waals surface area contributed by atoms with E-state index in [0.29, 0.717) is 18.7 Å². The van der Waals surface area contributed by atoms with E-state index in [1.807, 2.05) is 29.2 Å². The van der Waals surface area contributed by atoms with Crippen molar-refractivity contribution in [3.05, 3.63) is 36.0 Å². The molecular weight excluding hydrogens is 319 g/mol. The summed E-state index contributed by atoms with van der Waals surface area (Å²) < 4.78 is 27.0. The summed E-state index contributed by atoms with van der Waals surface area (Å²) in [7, 11) is 0. The Hall–Kier alpha value is -0.880. The summed E-state index contributed by atoms with van der Waals surface area (Å²) in [5, 5.41) is 4.09. The van der Waals surface area contributed by atoms with Crippen molar-refractivity contribution in [3.63, 3.8) is 0 Å². The van der Waals surface area contributed by atoms with Crippen LogP contribution in [-0.2, 0) is 0 Å². The fourth-order valence-electron chi connectivity index (χ4n) is 2.79. The summed E-state index contributed by atoms with van der Waals surface area (Å²) in [4.78, 5) is 4.96. The highest BCUT2D eigenvalue weighted by molar-refractivity contribution is 5.85. The highest BCUT2D eigenvalue weighted by Crippen LogP contribution is 2.32. The Labute approximate surface area is 134 Å². The van der Waals surface area contributed by atoms with Crippen molar-refractivity contribution >= 4 is 35.7 Å². The first-order chi connectivity index (χ1) is 9.27. The minimum Gasteiger partial charge on any atom is -0.361 e. The van der Waals surface area contributed by atoms with Crippen LogP contribution in [-0.4, -0.2) is 42.5 Å². The van der Waals surface area contributed by atoms with Gasteiger partial charge in [0.1, 0.15) is 0 Å². The van der Waals surface area contributed by atoms with Crippen LogP contribution in [0.25, 0.3) is 10.9 Å². The molecular formula is C14H19Cl2F2N3. The van der Waals surface area contributed by atoms with Gasteiger partial charge in [-0.25, -0.2) is 8.78 Å². The zero-order valence-electron chi connectivity index (χ0n) is 11.4. The maximum atomic E-state index is 13.5. The molecule has 0 aliphatic carbocycles. The van der Waals surface area contributed by atoms with Gasteiger partial charge in [-0.3, -0.25) is 4.90 Å². The average molecular weight is 338 g/mol. The second kappa shape index (κ2) is 7.94. The van der Waals surface area contributed by atoms with Crippen molar-refractivity contribution in [1.82, 2.24) is 15.2 Å². The van der Waals surface area contributed by atoms with Gasteiger partial charge in [-0.15, -0.1) is 24.8 Å². The number of alkyl halides is 2. The van der Waals surface area contributed by atoms with E-state index >= 15 is 0 Å². The Kier molecular flexibility index (Phi) is 6.87. The number of rotatable bonds is 3. The number of halogens is 4. The molecule has 1 aromatic carbocycles. The molecule has 1 atom stereocenters. The minimum absolute atomic E-state index is 0. The lowest BCUT2D eigenvalue weighted by atomic mass is 10.0. The van der Waals surface area contributed by atoms with Gasteiger partial charge in [0.15, 0.2) is 0 Å². The first-order valence-corrected chi connectivity index (χ1v) is 6.56. The van der Waals surface area contributed by atoms with Gasteiger partial charge in [-0.05, 0) is 6.07 Å². The van der Waals surface area contributed by atoms with Crippen LogP contribution in [0.1, 0.15) is 11.6 Å². The maximum Gasteiger partial charge on any atom is 0.258 e. The normalized spacial score (nSPS) is 17.3. The fraction of sp³-hybridized carbons (Fsp3) is 0.429. The van der Waals surface area contributed by atoms with E-state index in [-0.39, 0.29) is 24.8 Å². The molecule has 2 heterocycles. The Morgan fingerprint density at radius 2 is 1.71 bits per heavy atom. The lowest BCUT2D eigenvalue weighted by Crippen LogP contribution is -2.46. The number of aromatic nitrogens is 1. The quantitative estimate of drug-likeness (QED) is 0.900. The number of H-pyrrole nitrogens is 1. The lowest BCUT2D eigenvalue weighted by Gasteiger charge is -2.34. The van der Waals surface area contributed by atoms with Gasteiger partial charge in [0.25, 0.3) is 6.43 Å². The van der Waals surface area contributed by atoms with Crippen molar-refractivity contribution in [3.8, 4) is 0 Å². The molecule has 2 N–H and O–H groups in total. The number of hydrogen-bond acceptors (Lipinski definition) is 2. The molecule has 0 unspecified atom stereocenters. The number of piperazine rings is 1. The van der Waals surface area contributed by atoms with E-state index in [9.17, 15) is 8.78 Å². The van der Waals surface area contributed by atoms with Crippen LogP contribution in [0.15, 0.2) is 30.5 Å². The zero-order valence-corrected chi connectivity index (χ0v) is 13.0. The molecule has 0 bridgehead atoms. The van der Waals surface area contributed by atoms with E-state index in [2.05, 4.69) is 10.3 Å². The number of nitrogens with one attached hydrogen (secondary N) is 2. The summed E-state index contributed by atoms with van der Waals surface area (Å²) in [5.41, 5.74) is 1.62. The molecule has 0 amide bonds. The van der Waals surface area contributed by atoms with Crippen molar-refractivity contribution in [2.45, 2.75) is 12.5 Å². The molecule has 0 radical (unpaired) electrons. The van der Waals surface area contributed by atoms with E-state index in [1.165, 1.54) is 0 Å². The predicted molar refractivity (Wildman–Crippen MR) is 86.0 cm³/mol. The lowest BCUT2D eigenvalue weighted by molar-refractivity contribution is 0.0189. The largest absolute Gasteiger partial charge is 0.361 e. The zero-order chi connectivity index (χ0) is 13.2. The molecule has 118 valence electrons. The summed E-state index contributed by atoms with van der Waals surface area (Å²) >= 11 is 0. The summed E-state index contributed by atoms with van der Waals surface area (Å²) in [6.45, 7) is 2.86. The molecule has 21 heavy (non-hydrogen) atoms. The maximum absolute atomic E-state index is 13.5. The second-order valence-corrected chi connectivity index (χ2v) is 4.85. The number of hydrogen-bond donors (Lipinski definition) is 2. The van der Waals surface area contributed by atoms with Gasteiger partial charge in [0.2, 0.25) is 0 Å². The van der Waals surface area contributed by atoms with E-state index in [1.54, 1.807) is 6.20 Å². The molecule has 1 fully saturated rings. The van der Waals surface area contributed by atoms with Crippen molar-refractivity contribution in [2.24, 2.45) is 0 Å². The highest BCUT2D eigenvalue weighted by Gasteiger charge is 2.31. The molecule has 1 saturated heterocycles. The van der Waals surface area contributed by atoms with Gasteiger partial charge in [-0.1, -0.05) is 18.2 Å². The molecule has 1 aromatic heterocycles. The summed E-state index contributed by atoms with van der Waals surface area (Å²) in [6.07, 6.45) is -0.652. The molecule has 7 heteroatoms. The molecule has 3 nitrogen and oxygen atoms in total. The molecule has 3 rings (SSSR count). The average Bonchev–Trinajstić information content (AvgIpc) is 2.84. The molecule has 2 aromatic rings. The third-order valence-corrected chi connectivity index (χ3v) is 3.72. The van der Waals surface area contributed by atoms with Crippen LogP contribution in [0, 0.1) is 0 Å². The van der Waals surface area contributed by atoms with Crippen LogP contribution in [0.5, 0.6) is 0 Å². The third kappa shape index (κ3) is 3.66.